The number of likely N-dealkylation sites (tertiary alicyclic amines) is 1. The molecular weight excluding hydrogens is 358 g/mol. The summed E-state index contributed by atoms with van der Waals surface area (Å²) in [7, 11) is 0. The van der Waals surface area contributed by atoms with Gasteiger partial charge in [-0.1, -0.05) is 30.3 Å². The largest absolute Gasteiger partial charge is 0.354 e. The Kier molecular flexibility index (Phi) is 6.70. The molecule has 1 aromatic heterocycles. The molecule has 2 atom stereocenters. The van der Waals surface area contributed by atoms with Gasteiger partial charge in [-0.25, -0.2) is 0 Å². The fraction of sp³-hybridized carbons (Fsp3) is 0.526. The van der Waals surface area contributed by atoms with Crippen molar-refractivity contribution in [2.45, 2.75) is 44.7 Å². The maximum Gasteiger partial charge on any atom is 0.249 e. The molecule has 1 aromatic carbocycles. The lowest BCUT2D eigenvalue weighted by atomic mass is 10.0. The Morgan fingerprint density at radius 2 is 2.07 bits per heavy atom. The van der Waals surface area contributed by atoms with Crippen molar-refractivity contribution in [2.24, 2.45) is 5.73 Å². The molecule has 0 saturated carbocycles. The van der Waals surface area contributed by atoms with Crippen molar-refractivity contribution in [3.63, 3.8) is 0 Å². The number of carbonyl (C=O) groups excluding carboxylic acids is 2. The van der Waals surface area contributed by atoms with Gasteiger partial charge >= 0.3 is 0 Å². The molecule has 0 aliphatic carbocycles. The number of nitrogens with one attached hydrogen (secondary N) is 1. The minimum absolute atomic E-state index is 0.0254. The maximum absolute atomic E-state index is 13.1. The Hall–Kier alpha value is -2.81. The van der Waals surface area contributed by atoms with Gasteiger partial charge in [-0.05, 0) is 31.4 Å². The average Bonchev–Trinajstić information content (AvgIpc) is 3.22. The molecule has 0 radical (unpaired) electrons. The average molecular weight is 385 g/mol. The van der Waals surface area contributed by atoms with Crippen molar-refractivity contribution in [2.75, 3.05) is 19.6 Å². The van der Waals surface area contributed by atoms with E-state index in [2.05, 4.69) is 20.7 Å². The number of carbonyl (C=O) groups is 2. The third kappa shape index (κ3) is 4.72. The Labute approximate surface area is 164 Å². The summed E-state index contributed by atoms with van der Waals surface area (Å²) < 4.78 is 0. The van der Waals surface area contributed by atoms with E-state index in [1.165, 1.54) is 4.80 Å². The predicted molar refractivity (Wildman–Crippen MR) is 104 cm³/mol. The molecular formula is C19H27N7O2. The van der Waals surface area contributed by atoms with Gasteiger partial charge in [-0.15, -0.1) is 10.2 Å². The van der Waals surface area contributed by atoms with Crippen LogP contribution in [0.25, 0.3) is 11.4 Å². The number of amides is 2. The van der Waals surface area contributed by atoms with E-state index in [-0.39, 0.29) is 17.9 Å². The minimum atomic E-state index is -0.565. The van der Waals surface area contributed by atoms with E-state index >= 15 is 0 Å². The number of tetrazole rings is 1. The summed E-state index contributed by atoms with van der Waals surface area (Å²) in [5, 5.41) is 15.4. The zero-order valence-electron chi connectivity index (χ0n) is 16.1. The number of rotatable bonds is 7. The van der Waals surface area contributed by atoms with Crippen LogP contribution in [0.1, 0.15) is 38.6 Å². The first kappa shape index (κ1) is 19.9. The van der Waals surface area contributed by atoms with Crippen LogP contribution in [0.4, 0.5) is 0 Å². The van der Waals surface area contributed by atoms with Gasteiger partial charge in [0.15, 0.2) is 0 Å². The number of benzene rings is 1. The third-order valence-corrected chi connectivity index (χ3v) is 4.98. The fourth-order valence-corrected chi connectivity index (χ4v) is 3.38. The first-order valence-corrected chi connectivity index (χ1v) is 9.72. The van der Waals surface area contributed by atoms with Crippen LogP contribution >= 0.6 is 0 Å². The Morgan fingerprint density at radius 1 is 1.29 bits per heavy atom. The molecule has 9 nitrogen and oxygen atoms in total. The molecule has 28 heavy (non-hydrogen) atoms. The van der Waals surface area contributed by atoms with Crippen molar-refractivity contribution in [3.8, 4) is 11.4 Å². The van der Waals surface area contributed by atoms with Crippen LogP contribution in [0.5, 0.6) is 0 Å². The summed E-state index contributed by atoms with van der Waals surface area (Å²) >= 11 is 0. The van der Waals surface area contributed by atoms with Crippen LogP contribution in [-0.2, 0) is 9.59 Å². The first-order chi connectivity index (χ1) is 13.6. The van der Waals surface area contributed by atoms with Gasteiger partial charge < -0.3 is 16.0 Å². The van der Waals surface area contributed by atoms with Crippen LogP contribution in [0.3, 0.4) is 0 Å². The van der Waals surface area contributed by atoms with E-state index in [1.807, 2.05) is 35.2 Å². The van der Waals surface area contributed by atoms with Gasteiger partial charge in [0.05, 0.1) is 0 Å². The van der Waals surface area contributed by atoms with Crippen LogP contribution in [0.2, 0.25) is 0 Å². The Morgan fingerprint density at radius 3 is 2.82 bits per heavy atom. The van der Waals surface area contributed by atoms with Crippen molar-refractivity contribution in [3.05, 3.63) is 30.3 Å². The highest BCUT2D eigenvalue weighted by Gasteiger charge is 2.31. The van der Waals surface area contributed by atoms with Crippen molar-refractivity contribution in [1.82, 2.24) is 30.4 Å². The summed E-state index contributed by atoms with van der Waals surface area (Å²) in [5.74, 6) is 0.346. The smallest absolute Gasteiger partial charge is 0.249 e. The van der Waals surface area contributed by atoms with Gasteiger partial charge in [0.25, 0.3) is 0 Å². The maximum atomic E-state index is 13.1. The highest BCUT2D eigenvalue weighted by Crippen LogP contribution is 2.21. The molecule has 2 unspecified atom stereocenters. The standard InChI is InChI=1S/C19H27N7O2/c1-14(26-23-18(22-24-26)15-7-3-2-4-8-15)19(28)25-12-6-5-9-16(25)13-21-17(27)10-11-20/h2-4,7-8,14,16H,5-6,9-13,20H2,1H3,(H,21,27). The van der Waals surface area contributed by atoms with E-state index in [1.54, 1.807) is 6.92 Å². The predicted octanol–water partition coefficient (Wildman–Crippen LogP) is 0.747. The molecule has 2 amide bonds. The second-order valence-corrected chi connectivity index (χ2v) is 7.00. The van der Waals surface area contributed by atoms with E-state index in [9.17, 15) is 9.59 Å². The quantitative estimate of drug-likeness (QED) is 0.726. The highest BCUT2D eigenvalue weighted by atomic mass is 16.2. The van der Waals surface area contributed by atoms with E-state index in [0.717, 1.165) is 24.8 Å². The molecule has 0 spiro atoms. The highest BCUT2D eigenvalue weighted by molar-refractivity contribution is 5.80. The molecule has 1 saturated heterocycles. The molecule has 3 N–H and O–H groups in total. The van der Waals surface area contributed by atoms with Gasteiger partial charge in [-0.3, -0.25) is 9.59 Å². The summed E-state index contributed by atoms with van der Waals surface area (Å²) in [4.78, 5) is 28.0. The molecule has 1 aliphatic rings. The monoisotopic (exact) mass is 385 g/mol. The normalized spacial score (nSPS) is 17.9. The number of piperidine rings is 1. The molecule has 1 fully saturated rings. The summed E-state index contributed by atoms with van der Waals surface area (Å²) in [5.41, 5.74) is 6.27. The van der Waals surface area contributed by atoms with E-state index in [0.29, 0.717) is 31.9 Å². The minimum Gasteiger partial charge on any atom is -0.354 e. The van der Waals surface area contributed by atoms with Gasteiger partial charge in [0.1, 0.15) is 6.04 Å². The second kappa shape index (κ2) is 9.41. The fourth-order valence-electron chi connectivity index (χ4n) is 3.38. The summed E-state index contributed by atoms with van der Waals surface area (Å²) in [6.07, 6.45) is 3.14. The number of nitrogens with zero attached hydrogens (tertiary/aromatic N) is 5. The van der Waals surface area contributed by atoms with Crippen molar-refractivity contribution < 1.29 is 9.59 Å². The lowest BCUT2D eigenvalue weighted by molar-refractivity contribution is -0.139. The molecule has 9 heteroatoms. The number of nitrogens with two attached hydrogens (primary N) is 1. The lowest BCUT2D eigenvalue weighted by Crippen LogP contribution is -2.51. The van der Waals surface area contributed by atoms with E-state index in [4.69, 9.17) is 5.73 Å². The Balaban J connectivity index is 1.67. The van der Waals surface area contributed by atoms with Crippen LogP contribution in [0.15, 0.2) is 30.3 Å². The van der Waals surface area contributed by atoms with Gasteiger partial charge in [-0.2, -0.15) is 4.80 Å². The molecule has 3 rings (SSSR count). The zero-order chi connectivity index (χ0) is 19.9. The lowest BCUT2D eigenvalue weighted by Gasteiger charge is -2.37. The van der Waals surface area contributed by atoms with Crippen LogP contribution < -0.4 is 11.1 Å². The number of aromatic nitrogens is 4. The van der Waals surface area contributed by atoms with Crippen LogP contribution in [-0.4, -0.2) is 62.6 Å². The van der Waals surface area contributed by atoms with Gasteiger partial charge in [0.2, 0.25) is 17.6 Å². The first-order valence-electron chi connectivity index (χ1n) is 9.72. The zero-order valence-corrected chi connectivity index (χ0v) is 16.1. The molecule has 0 bridgehead atoms. The van der Waals surface area contributed by atoms with Crippen molar-refractivity contribution >= 4 is 11.8 Å². The topological polar surface area (TPSA) is 119 Å². The molecule has 1 aliphatic heterocycles. The third-order valence-electron chi connectivity index (χ3n) is 4.98. The van der Waals surface area contributed by atoms with E-state index < -0.39 is 6.04 Å². The Bertz CT molecular complexity index is 793. The second-order valence-electron chi connectivity index (χ2n) is 7.00. The number of hydrogen-bond donors (Lipinski definition) is 2. The summed E-state index contributed by atoms with van der Waals surface area (Å²) in [6, 6.07) is 8.94. The number of hydrogen-bond acceptors (Lipinski definition) is 6. The summed E-state index contributed by atoms with van der Waals surface area (Å²) in [6.45, 7) is 3.20. The molecule has 2 heterocycles. The van der Waals surface area contributed by atoms with Crippen LogP contribution in [0, 0.1) is 0 Å². The van der Waals surface area contributed by atoms with Crippen molar-refractivity contribution in [1.29, 1.82) is 0 Å². The van der Waals surface area contributed by atoms with Gasteiger partial charge in [0, 0.05) is 37.7 Å². The molecule has 150 valence electrons. The molecule has 2 aromatic rings. The SMILES string of the molecule is CC(C(=O)N1CCCCC1CNC(=O)CCN)n1nnc(-c2ccccc2)n1.